The highest BCUT2D eigenvalue weighted by atomic mass is 16.9. The SMILES string of the molecule is [B]OB(OC)OC(OC)OC. The smallest absolute Gasteiger partial charge is 0.457 e. The molecule has 0 aromatic rings. The molecule has 62 valence electrons. The van der Waals surface area contributed by atoms with E-state index in [-0.39, 0.29) is 0 Å². The fraction of sp³-hybridized carbons (Fsp3) is 1.00. The van der Waals surface area contributed by atoms with E-state index in [1.54, 1.807) is 0 Å². The molecule has 0 unspecified atom stereocenters. The van der Waals surface area contributed by atoms with Gasteiger partial charge >= 0.3 is 7.32 Å². The summed E-state index contributed by atoms with van der Waals surface area (Å²) in [5.74, 6) is 0. The standard InChI is InChI=1S/C4H10B2O5/c1-7-4(8-2)10-6(9-3)11-5/h4H,1-3H3. The van der Waals surface area contributed by atoms with Gasteiger partial charge in [-0.2, -0.15) is 0 Å². The second-order valence-electron chi connectivity index (χ2n) is 1.56. The van der Waals surface area contributed by atoms with Crippen LogP contribution >= 0.6 is 0 Å². The molecule has 0 rings (SSSR count). The molecular formula is C4H10B2O5. The molecule has 5 nitrogen and oxygen atoms in total. The van der Waals surface area contributed by atoms with E-state index in [1.807, 2.05) is 0 Å². The summed E-state index contributed by atoms with van der Waals surface area (Å²) in [6.07, 6.45) is 0. The number of hydrogen-bond acceptors (Lipinski definition) is 5. The van der Waals surface area contributed by atoms with Crippen molar-refractivity contribution in [2.24, 2.45) is 0 Å². The van der Waals surface area contributed by atoms with Crippen LogP contribution in [0.15, 0.2) is 0 Å². The molecule has 0 aliphatic carbocycles. The third-order valence-corrected chi connectivity index (χ3v) is 0.911. The van der Waals surface area contributed by atoms with E-state index in [4.69, 9.17) is 12.7 Å². The lowest BCUT2D eigenvalue weighted by molar-refractivity contribution is -0.232. The van der Waals surface area contributed by atoms with E-state index in [0.717, 1.165) is 0 Å². The summed E-state index contributed by atoms with van der Waals surface area (Å²) >= 11 is 0. The summed E-state index contributed by atoms with van der Waals surface area (Å²) in [6, 6.07) is 0. The largest absolute Gasteiger partial charge is 0.626 e. The van der Waals surface area contributed by atoms with Gasteiger partial charge in [0, 0.05) is 21.3 Å². The first-order valence-electron chi connectivity index (χ1n) is 2.87. The quantitative estimate of drug-likeness (QED) is 0.380. The number of methoxy groups -OCH3 is 2. The second-order valence-corrected chi connectivity index (χ2v) is 1.56. The van der Waals surface area contributed by atoms with Crippen LogP contribution in [-0.2, 0) is 23.4 Å². The van der Waals surface area contributed by atoms with Gasteiger partial charge in [0.25, 0.3) is 14.5 Å². The van der Waals surface area contributed by atoms with Crippen LogP contribution in [0.4, 0.5) is 0 Å². The zero-order valence-electron chi connectivity index (χ0n) is 6.77. The molecule has 0 atom stereocenters. The fourth-order valence-electron chi connectivity index (χ4n) is 0.441. The highest BCUT2D eigenvalue weighted by Gasteiger charge is 2.21. The van der Waals surface area contributed by atoms with Crippen LogP contribution in [0, 0.1) is 0 Å². The normalized spacial score (nSPS) is 10.5. The third kappa shape index (κ3) is 4.39. The average Bonchev–Trinajstić information content (AvgIpc) is 2.07. The Labute approximate surface area is 67.5 Å². The van der Waals surface area contributed by atoms with Gasteiger partial charge in [-0.15, -0.1) is 0 Å². The highest BCUT2D eigenvalue weighted by Crippen LogP contribution is 1.97. The van der Waals surface area contributed by atoms with Crippen molar-refractivity contribution < 1.29 is 23.4 Å². The molecule has 0 aliphatic rings. The lowest BCUT2D eigenvalue weighted by Crippen LogP contribution is -2.32. The Hall–Kier alpha value is -0.0701. The molecule has 0 aromatic carbocycles. The van der Waals surface area contributed by atoms with Gasteiger partial charge in [-0.05, 0) is 0 Å². The van der Waals surface area contributed by atoms with Gasteiger partial charge in [0.2, 0.25) is 0 Å². The highest BCUT2D eigenvalue weighted by molar-refractivity contribution is 6.41. The predicted molar refractivity (Wildman–Crippen MR) is 38.5 cm³/mol. The molecule has 0 aliphatic heterocycles. The fourth-order valence-corrected chi connectivity index (χ4v) is 0.441. The monoisotopic (exact) mass is 160 g/mol. The van der Waals surface area contributed by atoms with E-state index in [1.165, 1.54) is 21.3 Å². The van der Waals surface area contributed by atoms with Crippen molar-refractivity contribution in [2.45, 2.75) is 6.48 Å². The Morgan fingerprint density at radius 1 is 1.18 bits per heavy atom. The maximum atomic E-state index is 4.83. The Balaban J connectivity index is 3.58. The van der Waals surface area contributed by atoms with Gasteiger partial charge in [0.15, 0.2) is 0 Å². The first-order chi connectivity index (χ1) is 5.28. The Bertz CT molecular complexity index is 74.6. The summed E-state index contributed by atoms with van der Waals surface area (Å²) in [5.41, 5.74) is 0. The minimum atomic E-state index is -0.986. The molecule has 0 saturated heterocycles. The van der Waals surface area contributed by atoms with Crippen molar-refractivity contribution in [3.8, 4) is 0 Å². The zero-order chi connectivity index (χ0) is 8.69. The molecule has 11 heavy (non-hydrogen) atoms. The zero-order valence-corrected chi connectivity index (χ0v) is 6.77. The van der Waals surface area contributed by atoms with Crippen molar-refractivity contribution in [1.29, 1.82) is 0 Å². The molecule has 0 N–H and O–H groups in total. The Morgan fingerprint density at radius 3 is 2.00 bits per heavy atom. The second kappa shape index (κ2) is 6.63. The first kappa shape index (κ1) is 10.9. The van der Waals surface area contributed by atoms with Crippen LogP contribution in [0.5, 0.6) is 0 Å². The van der Waals surface area contributed by atoms with Crippen molar-refractivity contribution in [3.05, 3.63) is 0 Å². The Morgan fingerprint density at radius 2 is 1.73 bits per heavy atom. The molecule has 0 heterocycles. The number of ether oxygens (including phenoxy) is 2. The van der Waals surface area contributed by atoms with Crippen molar-refractivity contribution >= 4 is 15.4 Å². The minimum Gasteiger partial charge on any atom is -0.457 e. The van der Waals surface area contributed by atoms with E-state index in [2.05, 4.69) is 18.7 Å². The minimum absolute atomic E-state index is 0.844. The number of hydrogen-bond donors (Lipinski definition) is 0. The van der Waals surface area contributed by atoms with E-state index in [9.17, 15) is 0 Å². The lowest BCUT2D eigenvalue weighted by Gasteiger charge is -2.16. The third-order valence-electron chi connectivity index (χ3n) is 0.911. The molecule has 0 bridgehead atoms. The van der Waals surface area contributed by atoms with Crippen LogP contribution in [0.3, 0.4) is 0 Å². The molecule has 0 aromatic heterocycles. The van der Waals surface area contributed by atoms with Crippen molar-refractivity contribution in [3.63, 3.8) is 0 Å². The summed E-state index contributed by atoms with van der Waals surface area (Å²) in [5, 5.41) is 0. The lowest BCUT2D eigenvalue weighted by atomic mass is 10.2. The summed E-state index contributed by atoms with van der Waals surface area (Å²) in [4.78, 5) is 0. The van der Waals surface area contributed by atoms with Gasteiger partial charge in [0.1, 0.15) is 0 Å². The summed E-state index contributed by atoms with van der Waals surface area (Å²) in [7, 11) is 8.00. The van der Waals surface area contributed by atoms with Gasteiger partial charge < -0.3 is 23.4 Å². The predicted octanol–water partition coefficient (Wildman–Crippen LogP) is -0.689. The van der Waals surface area contributed by atoms with Crippen LogP contribution in [0.2, 0.25) is 0 Å². The molecule has 7 heteroatoms. The molecule has 0 amide bonds. The summed E-state index contributed by atoms with van der Waals surface area (Å²) in [6.45, 7) is -0.844. The van der Waals surface area contributed by atoms with Gasteiger partial charge in [-0.3, -0.25) is 0 Å². The van der Waals surface area contributed by atoms with E-state index in [0.29, 0.717) is 0 Å². The van der Waals surface area contributed by atoms with Crippen LogP contribution < -0.4 is 0 Å². The van der Waals surface area contributed by atoms with Gasteiger partial charge in [-0.25, -0.2) is 0 Å². The first-order valence-corrected chi connectivity index (χ1v) is 2.87. The number of rotatable bonds is 6. The van der Waals surface area contributed by atoms with Crippen LogP contribution in [0.1, 0.15) is 0 Å². The van der Waals surface area contributed by atoms with Crippen LogP contribution in [0.25, 0.3) is 0 Å². The molecule has 0 saturated carbocycles. The molecule has 0 spiro atoms. The van der Waals surface area contributed by atoms with Gasteiger partial charge in [-0.1, -0.05) is 0 Å². The van der Waals surface area contributed by atoms with Crippen molar-refractivity contribution in [1.82, 2.24) is 0 Å². The van der Waals surface area contributed by atoms with Gasteiger partial charge in [0.05, 0.1) is 0 Å². The van der Waals surface area contributed by atoms with E-state index < -0.39 is 13.8 Å². The van der Waals surface area contributed by atoms with E-state index >= 15 is 0 Å². The molecule has 0 fully saturated rings. The Kier molecular flexibility index (Phi) is 6.59. The maximum absolute atomic E-state index is 4.83. The van der Waals surface area contributed by atoms with Crippen LogP contribution in [-0.4, -0.2) is 43.2 Å². The van der Waals surface area contributed by atoms with Crippen molar-refractivity contribution in [2.75, 3.05) is 21.3 Å². The average molecular weight is 160 g/mol. The summed E-state index contributed by atoms with van der Waals surface area (Å²) < 4.78 is 23.0. The molecule has 2 radical (unpaired) electrons. The maximum Gasteiger partial charge on any atom is 0.626 e. The topological polar surface area (TPSA) is 46.2 Å². The molecular weight excluding hydrogens is 150 g/mol.